The van der Waals surface area contributed by atoms with Gasteiger partial charge in [0.1, 0.15) is 11.5 Å². The van der Waals surface area contributed by atoms with Crippen LogP contribution in [0.15, 0.2) is 29.2 Å². The minimum Gasteiger partial charge on any atom is -0.497 e. The summed E-state index contributed by atoms with van der Waals surface area (Å²) in [5.41, 5.74) is 4.59. The van der Waals surface area contributed by atoms with Crippen molar-refractivity contribution in [3.05, 3.63) is 46.8 Å². The van der Waals surface area contributed by atoms with E-state index in [4.69, 9.17) is 4.74 Å². The second-order valence-electron chi connectivity index (χ2n) is 9.75. The molecule has 1 aliphatic rings. The van der Waals surface area contributed by atoms with E-state index in [1.165, 1.54) is 17.0 Å². The van der Waals surface area contributed by atoms with Gasteiger partial charge >= 0.3 is 0 Å². The van der Waals surface area contributed by atoms with Crippen LogP contribution < -0.4 is 9.64 Å². The van der Waals surface area contributed by atoms with Crippen molar-refractivity contribution in [1.82, 2.24) is 14.2 Å². The molecule has 1 saturated heterocycles. The Kier molecular flexibility index (Phi) is 9.49. The van der Waals surface area contributed by atoms with Crippen LogP contribution in [0.1, 0.15) is 41.8 Å². The van der Waals surface area contributed by atoms with E-state index in [0.29, 0.717) is 23.3 Å². The Balaban J connectivity index is 1.42. The zero-order valence-electron chi connectivity index (χ0n) is 22.5. The van der Waals surface area contributed by atoms with Crippen LogP contribution in [0.2, 0.25) is 0 Å². The SMILES string of the molecule is COc1cc(C)c(S(=O)(=O)N(C)CCC(=O)CCCN2CCN(c3cc(C)nc(C)c3)CC2)c(C)c1. The van der Waals surface area contributed by atoms with Crippen LogP contribution in [0, 0.1) is 27.7 Å². The van der Waals surface area contributed by atoms with E-state index >= 15 is 0 Å². The summed E-state index contributed by atoms with van der Waals surface area (Å²) in [6.07, 6.45) is 1.48. The Morgan fingerprint density at radius 3 is 2.11 bits per heavy atom. The lowest BCUT2D eigenvalue weighted by molar-refractivity contribution is -0.119. The summed E-state index contributed by atoms with van der Waals surface area (Å²) in [5.74, 6) is 0.729. The number of pyridine rings is 1. The third-order valence-corrected chi connectivity index (χ3v) is 8.94. The molecule has 0 aliphatic carbocycles. The average molecular weight is 517 g/mol. The minimum atomic E-state index is -3.68. The molecule has 1 aliphatic heterocycles. The molecule has 0 atom stereocenters. The van der Waals surface area contributed by atoms with E-state index in [9.17, 15) is 13.2 Å². The number of ether oxygens (including phenoxy) is 1. The molecule has 0 N–H and O–H groups in total. The van der Waals surface area contributed by atoms with Gasteiger partial charge in [0.25, 0.3) is 0 Å². The quantitative estimate of drug-likeness (QED) is 0.452. The van der Waals surface area contributed by atoms with Gasteiger partial charge in [-0.1, -0.05) is 0 Å². The molecule has 198 valence electrons. The number of sulfonamides is 1. The molecule has 0 radical (unpaired) electrons. The lowest BCUT2D eigenvalue weighted by atomic mass is 10.1. The number of nitrogens with zero attached hydrogens (tertiary/aromatic N) is 4. The first-order valence-corrected chi connectivity index (χ1v) is 14.0. The maximum atomic E-state index is 13.1. The van der Waals surface area contributed by atoms with Crippen molar-refractivity contribution in [2.45, 2.75) is 51.9 Å². The lowest BCUT2D eigenvalue weighted by Crippen LogP contribution is -2.46. The number of methoxy groups -OCH3 is 1. The summed E-state index contributed by atoms with van der Waals surface area (Å²) in [7, 11) is -0.585. The predicted octanol–water partition coefficient (Wildman–Crippen LogP) is 3.51. The number of hydrogen-bond donors (Lipinski definition) is 0. The van der Waals surface area contributed by atoms with Crippen molar-refractivity contribution < 1.29 is 17.9 Å². The molecular formula is C27H40N4O4S. The molecule has 0 saturated carbocycles. The van der Waals surface area contributed by atoms with Gasteiger partial charge in [-0.15, -0.1) is 0 Å². The number of Topliss-reactive ketones (excluding diaryl/α,β-unsaturated/α-hetero) is 1. The molecule has 1 aromatic heterocycles. The monoisotopic (exact) mass is 516 g/mol. The number of carbonyl (C=O) groups excluding carboxylic acids is 1. The largest absolute Gasteiger partial charge is 0.497 e. The highest BCUT2D eigenvalue weighted by Gasteiger charge is 2.26. The van der Waals surface area contributed by atoms with Crippen molar-refractivity contribution in [2.75, 3.05) is 58.3 Å². The number of carbonyl (C=O) groups is 1. The highest BCUT2D eigenvalue weighted by atomic mass is 32.2. The number of ketones is 1. The van der Waals surface area contributed by atoms with Gasteiger partial charge in [-0.25, -0.2) is 12.7 Å². The summed E-state index contributed by atoms with van der Waals surface area (Å²) >= 11 is 0. The highest BCUT2D eigenvalue weighted by Crippen LogP contribution is 2.28. The Labute approximate surface area is 216 Å². The van der Waals surface area contributed by atoms with E-state index in [1.807, 2.05) is 13.8 Å². The van der Waals surface area contributed by atoms with Gasteiger partial charge in [0, 0.05) is 69.7 Å². The third-order valence-electron chi connectivity index (χ3n) is 6.78. The van der Waals surface area contributed by atoms with E-state index in [2.05, 4.69) is 26.9 Å². The molecule has 0 unspecified atom stereocenters. The highest BCUT2D eigenvalue weighted by molar-refractivity contribution is 7.89. The smallest absolute Gasteiger partial charge is 0.243 e. The van der Waals surface area contributed by atoms with E-state index < -0.39 is 10.0 Å². The maximum Gasteiger partial charge on any atom is 0.243 e. The first-order chi connectivity index (χ1) is 17.0. The van der Waals surface area contributed by atoms with Crippen LogP contribution in [0.3, 0.4) is 0 Å². The van der Waals surface area contributed by atoms with Gasteiger partial charge in [0.2, 0.25) is 10.0 Å². The fraction of sp³-hybridized carbons (Fsp3) is 0.556. The Morgan fingerprint density at radius 1 is 0.972 bits per heavy atom. The molecule has 2 aromatic rings. The van der Waals surface area contributed by atoms with Crippen LogP contribution in [-0.4, -0.2) is 81.8 Å². The average Bonchev–Trinajstić information content (AvgIpc) is 2.81. The van der Waals surface area contributed by atoms with Crippen LogP contribution in [0.25, 0.3) is 0 Å². The number of aryl methyl sites for hydroxylation is 4. The number of hydrogen-bond acceptors (Lipinski definition) is 7. The minimum absolute atomic E-state index is 0.0987. The van der Waals surface area contributed by atoms with E-state index in [0.717, 1.165) is 50.5 Å². The first kappa shape index (κ1) is 28.1. The van der Waals surface area contributed by atoms with Gasteiger partial charge in [-0.05, 0) is 76.1 Å². The zero-order valence-corrected chi connectivity index (χ0v) is 23.3. The predicted molar refractivity (Wildman–Crippen MR) is 144 cm³/mol. The summed E-state index contributed by atoms with van der Waals surface area (Å²) < 4.78 is 32.8. The van der Waals surface area contributed by atoms with Gasteiger partial charge in [-0.3, -0.25) is 14.7 Å². The van der Waals surface area contributed by atoms with Gasteiger partial charge in [0.05, 0.1) is 12.0 Å². The fourth-order valence-corrected chi connectivity index (χ4v) is 6.42. The van der Waals surface area contributed by atoms with Crippen molar-refractivity contribution in [3.8, 4) is 5.75 Å². The molecular weight excluding hydrogens is 476 g/mol. The molecule has 3 rings (SSSR count). The number of piperazine rings is 1. The van der Waals surface area contributed by atoms with Crippen LogP contribution in [0.5, 0.6) is 5.75 Å². The van der Waals surface area contributed by atoms with Crippen molar-refractivity contribution in [2.24, 2.45) is 0 Å². The zero-order chi connectivity index (χ0) is 26.5. The lowest BCUT2D eigenvalue weighted by Gasteiger charge is -2.36. The molecule has 8 nitrogen and oxygen atoms in total. The fourth-order valence-electron chi connectivity index (χ4n) is 4.84. The van der Waals surface area contributed by atoms with Crippen molar-refractivity contribution in [3.63, 3.8) is 0 Å². The number of benzene rings is 1. The summed E-state index contributed by atoms with van der Waals surface area (Å²) in [6, 6.07) is 7.71. The third kappa shape index (κ3) is 7.05. The van der Waals surface area contributed by atoms with E-state index in [1.54, 1.807) is 33.1 Å². The van der Waals surface area contributed by atoms with E-state index in [-0.39, 0.29) is 23.6 Å². The number of aromatic nitrogens is 1. The summed E-state index contributed by atoms with van der Waals surface area (Å²) in [4.78, 5) is 22.0. The van der Waals surface area contributed by atoms with Crippen LogP contribution >= 0.6 is 0 Å². The number of rotatable bonds is 11. The Bertz CT molecular complexity index is 1130. The van der Waals surface area contributed by atoms with Crippen LogP contribution in [-0.2, 0) is 14.8 Å². The maximum absolute atomic E-state index is 13.1. The summed E-state index contributed by atoms with van der Waals surface area (Å²) in [6.45, 7) is 12.5. The normalized spacial score (nSPS) is 14.9. The van der Waals surface area contributed by atoms with Crippen molar-refractivity contribution >= 4 is 21.5 Å². The number of anilines is 1. The van der Waals surface area contributed by atoms with Crippen molar-refractivity contribution in [1.29, 1.82) is 0 Å². The molecule has 0 spiro atoms. The molecule has 1 aromatic carbocycles. The molecule has 36 heavy (non-hydrogen) atoms. The van der Waals surface area contributed by atoms with Gasteiger partial charge < -0.3 is 9.64 Å². The molecule has 1 fully saturated rings. The molecule has 9 heteroatoms. The second-order valence-corrected chi connectivity index (χ2v) is 11.7. The molecule has 0 amide bonds. The molecule has 0 bridgehead atoms. The first-order valence-electron chi connectivity index (χ1n) is 12.6. The van der Waals surface area contributed by atoms with Crippen LogP contribution in [0.4, 0.5) is 5.69 Å². The topological polar surface area (TPSA) is 83.0 Å². The molecule has 2 heterocycles. The second kappa shape index (κ2) is 12.2. The summed E-state index contributed by atoms with van der Waals surface area (Å²) in [5, 5.41) is 0. The standard InChI is InChI=1S/C27H40N4O4S/c1-20-16-26(35-6)17-21(2)27(20)36(33,34)29(5)11-9-25(32)8-7-10-30-12-14-31(15-13-30)24-18-22(3)28-23(4)19-24/h16-19H,7-15H2,1-6H3. The van der Waals surface area contributed by atoms with Gasteiger partial charge in [-0.2, -0.15) is 0 Å². The Morgan fingerprint density at radius 2 is 1.56 bits per heavy atom. The van der Waals surface area contributed by atoms with Gasteiger partial charge in [0.15, 0.2) is 0 Å². The Hall–Kier alpha value is -2.49.